The minimum absolute atomic E-state index is 0.758. The van der Waals surface area contributed by atoms with Crippen molar-refractivity contribution in [2.45, 2.75) is 20.0 Å². The van der Waals surface area contributed by atoms with E-state index in [4.69, 9.17) is 16.6 Å². The number of hydrogen-bond acceptors (Lipinski definition) is 2. The molecule has 0 fully saturated rings. The Labute approximate surface area is 129 Å². The van der Waals surface area contributed by atoms with Crippen LogP contribution in [0.15, 0.2) is 48.5 Å². The summed E-state index contributed by atoms with van der Waals surface area (Å²) >= 11 is 6.08. The van der Waals surface area contributed by atoms with E-state index in [1.165, 1.54) is 16.7 Å². The van der Waals surface area contributed by atoms with Gasteiger partial charge in [-0.25, -0.2) is 4.98 Å². The van der Waals surface area contributed by atoms with Gasteiger partial charge in [-0.15, -0.1) is 0 Å². The summed E-state index contributed by atoms with van der Waals surface area (Å²) in [7, 11) is 0. The summed E-state index contributed by atoms with van der Waals surface area (Å²) in [5.41, 5.74) is 5.01. The van der Waals surface area contributed by atoms with E-state index in [0.717, 1.165) is 34.8 Å². The first-order valence-electron chi connectivity index (χ1n) is 7.09. The number of rotatable bonds is 1. The van der Waals surface area contributed by atoms with Crippen molar-refractivity contribution in [3.63, 3.8) is 0 Å². The van der Waals surface area contributed by atoms with Gasteiger partial charge in [-0.3, -0.25) is 0 Å². The molecule has 2 heterocycles. The lowest BCUT2D eigenvalue weighted by atomic mass is 10.1. The lowest BCUT2D eigenvalue weighted by molar-refractivity contribution is 0.860. The topological polar surface area (TPSA) is 16.1 Å². The normalized spacial score (nSPS) is 13.7. The molecule has 0 unspecified atom stereocenters. The quantitative estimate of drug-likeness (QED) is 0.646. The fourth-order valence-electron chi connectivity index (χ4n) is 3.01. The molecule has 0 saturated heterocycles. The molecule has 1 aliphatic rings. The summed E-state index contributed by atoms with van der Waals surface area (Å²) in [6.07, 6.45) is 0. The largest absolute Gasteiger partial charge is 0.348 e. The zero-order valence-electron chi connectivity index (χ0n) is 11.8. The molecule has 0 saturated carbocycles. The monoisotopic (exact) mass is 294 g/mol. The number of anilines is 1. The molecule has 2 nitrogen and oxygen atoms in total. The van der Waals surface area contributed by atoms with Crippen LogP contribution in [0.3, 0.4) is 0 Å². The van der Waals surface area contributed by atoms with Gasteiger partial charge in [0.2, 0.25) is 0 Å². The Morgan fingerprint density at radius 3 is 2.43 bits per heavy atom. The Balaban J connectivity index is 1.77. The summed E-state index contributed by atoms with van der Waals surface area (Å²) in [5.74, 6) is 1.04. The van der Waals surface area contributed by atoms with Gasteiger partial charge in [0, 0.05) is 23.5 Å². The Kier molecular flexibility index (Phi) is 2.86. The number of nitrogens with zero attached hydrogens (tertiary/aromatic N) is 2. The molecule has 0 atom stereocenters. The number of aromatic nitrogens is 1. The highest BCUT2D eigenvalue weighted by Crippen LogP contribution is 2.30. The molecular formula is C18H15ClN2. The van der Waals surface area contributed by atoms with Crippen molar-refractivity contribution in [2.24, 2.45) is 0 Å². The van der Waals surface area contributed by atoms with E-state index in [1.807, 2.05) is 18.2 Å². The number of pyridine rings is 1. The number of benzene rings is 2. The molecule has 0 N–H and O–H groups in total. The van der Waals surface area contributed by atoms with E-state index in [9.17, 15) is 0 Å². The van der Waals surface area contributed by atoms with Gasteiger partial charge in [0.15, 0.2) is 0 Å². The van der Waals surface area contributed by atoms with Crippen LogP contribution in [-0.2, 0) is 13.1 Å². The Bertz CT molecular complexity index is 817. The second-order valence-corrected chi connectivity index (χ2v) is 6.02. The van der Waals surface area contributed by atoms with Crippen LogP contribution in [-0.4, -0.2) is 4.98 Å². The minimum atomic E-state index is 0.758. The van der Waals surface area contributed by atoms with Gasteiger partial charge in [-0.05, 0) is 47.9 Å². The molecule has 1 aliphatic heterocycles. The van der Waals surface area contributed by atoms with Crippen molar-refractivity contribution < 1.29 is 0 Å². The average molecular weight is 295 g/mol. The van der Waals surface area contributed by atoms with Gasteiger partial charge < -0.3 is 4.90 Å². The molecule has 104 valence electrons. The third kappa shape index (κ3) is 2.16. The van der Waals surface area contributed by atoms with E-state index >= 15 is 0 Å². The van der Waals surface area contributed by atoms with E-state index in [-0.39, 0.29) is 0 Å². The van der Waals surface area contributed by atoms with E-state index < -0.39 is 0 Å². The Hall–Kier alpha value is -2.06. The van der Waals surface area contributed by atoms with Gasteiger partial charge in [-0.2, -0.15) is 0 Å². The molecule has 4 rings (SSSR count). The van der Waals surface area contributed by atoms with Crippen LogP contribution in [0.4, 0.5) is 5.82 Å². The van der Waals surface area contributed by atoms with Crippen molar-refractivity contribution in [2.75, 3.05) is 4.90 Å². The maximum absolute atomic E-state index is 6.08. The second kappa shape index (κ2) is 4.74. The highest BCUT2D eigenvalue weighted by Gasteiger charge is 2.20. The Morgan fingerprint density at radius 1 is 1.00 bits per heavy atom. The van der Waals surface area contributed by atoms with Crippen molar-refractivity contribution in [3.05, 3.63) is 70.2 Å². The summed E-state index contributed by atoms with van der Waals surface area (Å²) in [4.78, 5) is 7.13. The number of aryl methyl sites for hydroxylation is 1. The molecule has 0 amide bonds. The van der Waals surface area contributed by atoms with Gasteiger partial charge in [-0.1, -0.05) is 35.9 Å². The van der Waals surface area contributed by atoms with Gasteiger partial charge in [0.05, 0.1) is 5.52 Å². The second-order valence-electron chi connectivity index (χ2n) is 5.58. The summed E-state index contributed by atoms with van der Waals surface area (Å²) < 4.78 is 0. The maximum atomic E-state index is 6.08. The summed E-state index contributed by atoms with van der Waals surface area (Å²) in [6.45, 7) is 3.98. The first kappa shape index (κ1) is 12.7. The van der Waals surface area contributed by atoms with Crippen LogP contribution in [0.5, 0.6) is 0 Å². The van der Waals surface area contributed by atoms with E-state index in [0.29, 0.717) is 0 Å². The van der Waals surface area contributed by atoms with Crippen LogP contribution in [0.25, 0.3) is 10.9 Å². The fraction of sp³-hybridized carbons (Fsp3) is 0.167. The van der Waals surface area contributed by atoms with Crippen LogP contribution in [0, 0.1) is 6.92 Å². The summed E-state index contributed by atoms with van der Waals surface area (Å²) in [6, 6.07) is 16.6. The highest BCUT2D eigenvalue weighted by atomic mass is 35.5. The molecule has 0 aliphatic carbocycles. The van der Waals surface area contributed by atoms with Crippen LogP contribution < -0.4 is 4.90 Å². The highest BCUT2D eigenvalue weighted by molar-refractivity contribution is 6.31. The zero-order valence-corrected chi connectivity index (χ0v) is 12.6. The van der Waals surface area contributed by atoms with Crippen molar-refractivity contribution in [1.82, 2.24) is 4.98 Å². The van der Waals surface area contributed by atoms with Crippen LogP contribution in [0.2, 0.25) is 5.02 Å². The SMILES string of the molecule is Cc1cc(N2Cc3ccccc3C2)nc2ccc(Cl)cc12. The predicted molar refractivity (Wildman–Crippen MR) is 87.8 cm³/mol. The minimum Gasteiger partial charge on any atom is -0.348 e. The molecular weight excluding hydrogens is 280 g/mol. The molecule has 1 aromatic heterocycles. The van der Waals surface area contributed by atoms with Gasteiger partial charge in [0.25, 0.3) is 0 Å². The lowest BCUT2D eigenvalue weighted by Crippen LogP contribution is -2.16. The fourth-order valence-corrected chi connectivity index (χ4v) is 3.18. The maximum Gasteiger partial charge on any atom is 0.130 e. The first-order valence-corrected chi connectivity index (χ1v) is 7.47. The predicted octanol–water partition coefficient (Wildman–Crippen LogP) is 4.72. The third-order valence-corrected chi connectivity index (χ3v) is 4.36. The lowest BCUT2D eigenvalue weighted by Gasteiger charge is -2.18. The van der Waals surface area contributed by atoms with Crippen LogP contribution >= 0.6 is 11.6 Å². The molecule has 2 aromatic carbocycles. The average Bonchev–Trinajstić information content (AvgIpc) is 2.92. The van der Waals surface area contributed by atoms with E-state index in [1.54, 1.807) is 0 Å². The number of halogens is 1. The smallest absolute Gasteiger partial charge is 0.130 e. The molecule has 0 bridgehead atoms. The summed E-state index contributed by atoms with van der Waals surface area (Å²) in [5, 5.41) is 1.89. The molecule has 3 heteroatoms. The van der Waals surface area contributed by atoms with Crippen molar-refractivity contribution in [1.29, 1.82) is 0 Å². The van der Waals surface area contributed by atoms with Crippen molar-refractivity contribution >= 4 is 28.3 Å². The van der Waals surface area contributed by atoms with Gasteiger partial charge >= 0.3 is 0 Å². The number of hydrogen-bond donors (Lipinski definition) is 0. The molecule has 3 aromatic rings. The molecule has 21 heavy (non-hydrogen) atoms. The Morgan fingerprint density at radius 2 is 1.71 bits per heavy atom. The molecule has 0 radical (unpaired) electrons. The third-order valence-electron chi connectivity index (χ3n) is 4.13. The van der Waals surface area contributed by atoms with Crippen LogP contribution in [0.1, 0.15) is 16.7 Å². The van der Waals surface area contributed by atoms with Gasteiger partial charge in [0.1, 0.15) is 5.82 Å². The number of fused-ring (bicyclic) bond motifs is 2. The standard InChI is InChI=1S/C18H15ClN2/c1-12-8-18(20-17-7-6-15(19)9-16(12)17)21-10-13-4-2-3-5-14(13)11-21/h2-9H,10-11H2,1H3. The van der Waals surface area contributed by atoms with Crippen molar-refractivity contribution in [3.8, 4) is 0 Å². The molecule has 0 spiro atoms. The first-order chi connectivity index (χ1) is 10.2. The zero-order chi connectivity index (χ0) is 14.4. The van der Waals surface area contributed by atoms with E-state index in [2.05, 4.69) is 42.2 Å².